The highest BCUT2D eigenvalue weighted by Gasteiger charge is 2.30. The Balaban J connectivity index is 1.83. The fraction of sp³-hybridized carbons (Fsp3) is 0.600. The molecule has 1 fully saturated rings. The fourth-order valence-corrected chi connectivity index (χ4v) is 2.53. The van der Waals surface area contributed by atoms with Gasteiger partial charge in [-0.25, -0.2) is 9.97 Å². The standard InChI is InChI=1S/C15H22N4O3/c1-3-22-14(21)12-5-9-19(10-6-12)11(2)13(20)18-15-16-7-4-8-17-15/h4,7-8,11-12H,3,5-6,9-10H2,1-2H3,(H,16,17,18,20)/t11-/m0/s1. The molecule has 7 nitrogen and oxygen atoms in total. The third-order valence-corrected chi connectivity index (χ3v) is 3.88. The molecule has 0 spiro atoms. The predicted molar refractivity (Wildman–Crippen MR) is 81.1 cm³/mol. The summed E-state index contributed by atoms with van der Waals surface area (Å²) < 4.78 is 5.05. The lowest BCUT2D eigenvalue weighted by atomic mass is 9.96. The lowest BCUT2D eigenvalue weighted by molar-refractivity contribution is -0.149. The van der Waals surface area contributed by atoms with Crippen LogP contribution in [-0.2, 0) is 14.3 Å². The minimum atomic E-state index is -0.285. The number of esters is 1. The van der Waals surface area contributed by atoms with Gasteiger partial charge >= 0.3 is 5.97 Å². The molecule has 1 saturated heterocycles. The van der Waals surface area contributed by atoms with Crippen LogP contribution in [0.5, 0.6) is 0 Å². The molecule has 7 heteroatoms. The van der Waals surface area contributed by atoms with Gasteiger partial charge in [-0.05, 0) is 45.8 Å². The van der Waals surface area contributed by atoms with E-state index in [2.05, 4.69) is 20.2 Å². The summed E-state index contributed by atoms with van der Waals surface area (Å²) in [6.45, 7) is 5.48. The zero-order valence-electron chi connectivity index (χ0n) is 13.0. The Hall–Kier alpha value is -2.02. The lowest BCUT2D eigenvalue weighted by Crippen LogP contribution is -2.47. The maximum Gasteiger partial charge on any atom is 0.309 e. The van der Waals surface area contributed by atoms with Crippen LogP contribution in [0.1, 0.15) is 26.7 Å². The number of carbonyl (C=O) groups excluding carboxylic acids is 2. The summed E-state index contributed by atoms with van der Waals surface area (Å²) in [5.41, 5.74) is 0. The molecule has 1 aliphatic heterocycles. The second kappa shape index (κ2) is 7.84. The Kier molecular flexibility index (Phi) is 5.83. The first-order chi connectivity index (χ1) is 10.6. The highest BCUT2D eigenvalue weighted by atomic mass is 16.5. The zero-order chi connectivity index (χ0) is 15.9. The highest BCUT2D eigenvalue weighted by molar-refractivity contribution is 5.93. The van der Waals surface area contributed by atoms with E-state index in [-0.39, 0.29) is 23.8 Å². The molecule has 1 N–H and O–H groups in total. The molecule has 1 aromatic rings. The molecular formula is C15H22N4O3. The van der Waals surface area contributed by atoms with E-state index in [4.69, 9.17) is 4.74 Å². The number of ether oxygens (including phenoxy) is 1. The van der Waals surface area contributed by atoms with Gasteiger partial charge in [-0.3, -0.25) is 19.8 Å². The predicted octanol–water partition coefficient (Wildman–Crippen LogP) is 1.08. The van der Waals surface area contributed by atoms with Gasteiger partial charge in [0.25, 0.3) is 0 Å². The Morgan fingerprint density at radius 2 is 2.00 bits per heavy atom. The summed E-state index contributed by atoms with van der Waals surface area (Å²) in [5.74, 6) is -0.0117. The minimum Gasteiger partial charge on any atom is -0.466 e. The molecule has 2 heterocycles. The van der Waals surface area contributed by atoms with Crippen molar-refractivity contribution in [2.75, 3.05) is 25.0 Å². The molecule has 0 saturated carbocycles. The molecule has 1 atom stereocenters. The molecule has 1 aromatic heterocycles. The van der Waals surface area contributed by atoms with Gasteiger partial charge in [0.2, 0.25) is 11.9 Å². The van der Waals surface area contributed by atoms with E-state index in [0.29, 0.717) is 25.6 Å². The first-order valence-electron chi connectivity index (χ1n) is 7.60. The maximum atomic E-state index is 12.2. The molecule has 120 valence electrons. The molecule has 2 rings (SSSR count). The van der Waals surface area contributed by atoms with Gasteiger partial charge in [-0.2, -0.15) is 0 Å². The Bertz CT molecular complexity index is 501. The Morgan fingerprint density at radius 3 is 2.59 bits per heavy atom. The normalized spacial score (nSPS) is 17.7. The minimum absolute atomic E-state index is 0.0519. The Morgan fingerprint density at radius 1 is 1.36 bits per heavy atom. The molecular weight excluding hydrogens is 284 g/mol. The topological polar surface area (TPSA) is 84.4 Å². The third kappa shape index (κ3) is 4.24. The first-order valence-corrected chi connectivity index (χ1v) is 7.60. The van der Waals surface area contributed by atoms with Crippen LogP contribution in [0.4, 0.5) is 5.95 Å². The largest absolute Gasteiger partial charge is 0.466 e. The fourth-order valence-electron chi connectivity index (χ4n) is 2.53. The van der Waals surface area contributed by atoms with Crippen molar-refractivity contribution in [2.45, 2.75) is 32.7 Å². The van der Waals surface area contributed by atoms with Gasteiger partial charge in [0.15, 0.2) is 0 Å². The van der Waals surface area contributed by atoms with Crippen molar-refractivity contribution in [2.24, 2.45) is 5.92 Å². The summed E-state index contributed by atoms with van der Waals surface area (Å²) in [6, 6.07) is 1.41. The van der Waals surface area contributed by atoms with Crippen molar-refractivity contribution >= 4 is 17.8 Å². The number of nitrogens with one attached hydrogen (secondary N) is 1. The van der Waals surface area contributed by atoms with Gasteiger partial charge in [0.05, 0.1) is 18.6 Å². The molecule has 0 radical (unpaired) electrons. The van der Waals surface area contributed by atoms with E-state index in [0.717, 1.165) is 12.8 Å². The monoisotopic (exact) mass is 306 g/mol. The molecule has 1 amide bonds. The summed E-state index contributed by atoms with van der Waals surface area (Å²) in [6.07, 6.45) is 4.60. The van der Waals surface area contributed by atoms with Crippen LogP contribution in [0.2, 0.25) is 0 Å². The summed E-state index contributed by atoms with van der Waals surface area (Å²) in [4.78, 5) is 33.9. The van der Waals surface area contributed by atoms with Crippen molar-refractivity contribution in [3.05, 3.63) is 18.5 Å². The van der Waals surface area contributed by atoms with E-state index in [9.17, 15) is 9.59 Å². The molecule has 1 aliphatic rings. The quantitative estimate of drug-likeness (QED) is 0.819. The SMILES string of the molecule is CCOC(=O)C1CCN([C@@H](C)C(=O)Nc2ncccn2)CC1. The molecule has 0 bridgehead atoms. The lowest BCUT2D eigenvalue weighted by Gasteiger charge is -2.34. The van der Waals surface area contributed by atoms with Crippen molar-refractivity contribution in [3.63, 3.8) is 0 Å². The van der Waals surface area contributed by atoms with Crippen molar-refractivity contribution in [1.29, 1.82) is 0 Å². The zero-order valence-corrected chi connectivity index (χ0v) is 13.0. The van der Waals surface area contributed by atoms with Crippen LogP contribution in [0.15, 0.2) is 18.5 Å². The third-order valence-electron chi connectivity index (χ3n) is 3.88. The number of hydrogen-bond acceptors (Lipinski definition) is 6. The second-order valence-corrected chi connectivity index (χ2v) is 5.30. The second-order valence-electron chi connectivity index (χ2n) is 5.30. The number of anilines is 1. The van der Waals surface area contributed by atoms with Crippen molar-refractivity contribution in [1.82, 2.24) is 14.9 Å². The number of nitrogens with zero attached hydrogens (tertiary/aromatic N) is 3. The van der Waals surface area contributed by atoms with Crippen molar-refractivity contribution < 1.29 is 14.3 Å². The summed E-state index contributed by atoms with van der Waals surface area (Å²) in [5, 5.41) is 2.70. The van der Waals surface area contributed by atoms with Crippen LogP contribution in [0.25, 0.3) is 0 Å². The number of piperidine rings is 1. The highest BCUT2D eigenvalue weighted by Crippen LogP contribution is 2.20. The number of aromatic nitrogens is 2. The number of hydrogen-bond donors (Lipinski definition) is 1. The number of carbonyl (C=O) groups is 2. The average molecular weight is 306 g/mol. The average Bonchev–Trinajstić information content (AvgIpc) is 2.55. The van der Waals surface area contributed by atoms with Gasteiger partial charge in [-0.1, -0.05) is 0 Å². The molecule has 0 aromatic carbocycles. The van der Waals surface area contributed by atoms with E-state index >= 15 is 0 Å². The smallest absolute Gasteiger partial charge is 0.309 e. The van der Waals surface area contributed by atoms with Gasteiger partial charge in [-0.15, -0.1) is 0 Å². The molecule has 0 aliphatic carbocycles. The van der Waals surface area contributed by atoms with Gasteiger partial charge in [0, 0.05) is 12.4 Å². The molecule has 22 heavy (non-hydrogen) atoms. The van der Waals surface area contributed by atoms with Gasteiger partial charge in [0.1, 0.15) is 0 Å². The number of rotatable bonds is 5. The van der Waals surface area contributed by atoms with Crippen LogP contribution in [0, 0.1) is 5.92 Å². The van der Waals surface area contributed by atoms with E-state index in [1.807, 2.05) is 13.8 Å². The van der Waals surface area contributed by atoms with Crippen LogP contribution in [-0.4, -0.2) is 52.5 Å². The van der Waals surface area contributed by atoms with Gasteiger partial charge < -0.3 is 4.74 Å². The van der Waals surface area contributed by atoms with E-state index in [1.54, 1.807) is 18.5 Å². The number of likely N-dealkylation sites (tertiary alicyclic amines) is 1. The van der Waals surface area contributed by atoms with Crippen LogP contribution >= 0.6 is 0 Å². The van der Waals surface area contributed by atoms with E-state index < -0.39 is 0 Å². The maximum absolute atomic E-state index is 12.2. The van der Waals surface area contributed by atoms with Crippen LogP contribution in [0.3, 0.4) is 0 Å². The van der Waals surface area contributed by atoms with E-state index in [1.165, 1.54) is 0 Å². The summed E-state index contributed by atoms with van der Waals surface area (Å²) in [7, 11) is 0. The summed E-state index contributed by atoms with van der Waals surface area (Å²) >= 11 is 0. The van der Waals surface area contributed by atoms with Crippen LogP contribution < -0.4 is 5.32 Å². The van der Waals surface area contributed by atoms with Crippen molar-refractivity contribution in [3.8, 4) is 0 Å². The number of amides is 1. The molecule has 0 unspecified atom stereocenters. The first kappa shape index (κ1) is 16.4. The Labute approximate surface area is 130 Å².